The first kappa shape index (κ1) is 28.0. The van der Waals surface area contributed by atoms with Crippen molar-refractivity contribution in [3.05, 3.63) is 65.7 Å². The zero-order valence-corrected chi connectivity index (χ0v) is 23.5. The molecule has 0 bridgehead atoms. The summed E-state index contributed by atoms with van der Waals surface area (Å²) in [6, 6.07) is 13.1. The molecule has 1 N–H and O–H groups in total. The number of rotatable bonds is 7. The van der Waals surface area contributed by atoms with Crippen LogP contribution in [0.2, 0.25) is 0 Å². The van der Waals surface area contributed by atoms with Gasteiger partial charge in [0.15, 0.2) is 5.78 Å². The Labute approximate surface area is 225 Å². The Morgan fingerprint density at radius 1 is 1.03 bits per heavy atom. The minimum absolute atomic E-state index is 0.0485. The summed E-state index contributed by atoms with van der Waals surface area (Å²) >= 11 is 0. The third-order valence-electron chi connectivity index (χ3n) is 7.33. The predicted molar refractivity (Wildman–Crippen MR) is 145 cm³/mol. The normalized spacial score (nSPS) is 21.0. The first-order chi connectivity index (χ1) is 17.8. The number of hydrogen-bond donors (Lipinski definition) is 1. The van der Waals surface area contributed by atoms with Crippen LogP contribution >= 0.6 is 0 Å². The van der Waals surface area contributed by atoms with Crippen LogP contribution in [0.25, 0.3) is 0 Å². The second kappa shape index (κ2) is 10.6. The second-order valence-electron chi connectivity index (χ2n) is 11.6. The van der Waals surface area contributed by atoms with E-state index in [0.717, 1.165) is 5.56 Å². The van der Waals surface area contributed by atoms with Gasteiger partial charge in [0.25, 0.3) is 5.91 Å². The number of nitrogens with one attached hydrogen (secondary N) is 1. The summed E-state index contributed by atoms with van der Waals surface area (Å²) in [6.07, 6.45) is 0.767. The van der Waals surface area contributed by atoms with Crippen molar-refractivity contribution in [2.75, 3.05) is 13.1 Å². The summed E-state index contributed by atoms with van der Waals surface area (Å²) < 4.78 is 27.8. The molecule has 3 atom stereocenters. The first-order valence-electron chi connectivity index (χ1n) is 13.1. The van der Waals surface area contributed by atoms with E-state index in [2.05, 4.69) is 26.1 Å². The zero-order chi connectivity index (χ0) is 27.8. The van der Waals surface area contributed by atoms with E-state index in [-0.39, 0.29) is 46.9 Å². The quantitative estimate of drug-likeness (QED) is 0.581. The predicted octanol–water partition coefficient (Wildman–Crippen LogP) is 3.37. The van der Waals surface area contributed by atoms with E-state index < -0.39 is 28.1 Å². The molecular weight excluding hydrogens is 502 g/mol. The van der Waals surface area contributed by atoms with Gasteiger partial charge in [0.1, 0.15) is 12.1 Å². The van der Waals surface area contributed by atoms with Crippen LogP contribution in [-0.4, -0.2) is 66.4 Å². The number of nitrogens with zero attached hydrogens (tertiary/aromatic N) is 2. The number of likely N-dealkylation sites (tertiary alicyclic amines) is 1. The van der Waals surface area contributed by atoms with Gasteiger partial charge in [0, 0.05) is 12.1 Å². The van der Waals surface area contributed by atoms with E-state index in [1.807, 2.05) is 26.0 Å². The van der Waals surface area contributed by atoms with Gasteiger partial charge in [-0.25, -0.2) is 8.42 Å². The molecule has 0 radical (unpaired) electrons. The van der Waals surface area contributed by atoms with Crippen molar-refractivity contribution in [3.63, 3.8) is 0 Å². The molecule has 0 aromatic heterocycles. The molecule has 2 amide bonds. The van der Waals surface area contributed by atoms with Crippen molar-refractivity contribution in [2.45, 2.75) is 75.9 Å². The summed E-state index contributed by atoms with van der Waals surface area (Å²) in [4.78, 5) is 41.5. The van der Waals surface area contributed by atoms with Gasteiger partial charge >= 0.3 is 0 Å². The molecule has 8 nitrogen and oxygen atoms in total. The summed E-state index contributed by atoms with van der Waals surface area (Å²) in [6.45, 7) is 10.2. The summed E-state index contributed by atoms with van der Waals surface area (Å²) in [5.74, 6) is -0.891. The maximum absolute atomic E-state index is 13.7. The summed E-state index contributed by atoms with van der Waals surface area (Å²) in [7, 11) is -3.88. The van der Waals surface area contributed by atoms with Crippen molar-refractivity contribution in [1.29, 1.82) is 0 Å². The number of carbonyl (C=O) groups is 3. The molecule has 2 saturated heterocycles. The molecular formula is C29H37N3O5S. The van der Waals surface area contributed by atoms with Crippen LogP contribution in [0.3, 0.4) is 0 Å². The number of fused-ring (bicyclic) bond motifs is 1. The second-order valence-corrected chi connectivity index (χ2v) is 13.5. The fourth-order valence-corrected chi connectivity index (χ4v) is 6.97. The Bertz CT molecular complexity index is 1300. The summed E-state index contributed by atoms with van der Waals surface area (Å²) in [5.41, 5.74) is 1.50. The smallest absolute Gasteiger partial charge is 0.251 e. The van der Waals surface area contributed by atoms with Crippen molar-refractivity contribution in [3.8, 4) is 0 Å². The molecule has 0 saturated carbocycles. The van der Waals surface area contributed by atoms with Crippen molar-refractivity contribution < 1.29 is 22.8 Å². The van der Waals surface area contributed by atoms with Gasteiger partial charge in [-0.1, -0.05) is 65.0 Å². The Morgan fingerprint density at radius 2 is 1.66 bits per heavy atom. The number of hydrogen-bond acceptors (Lipinski definition) is 5. The molecule has 2 heterocycles. The van der Waals surface area contributed by atoms with E-state index in [1.165, 1.54) is 21.3 Å². The lowest BCUT2D eigenvalue weighted by atomic mass is 9.86. The van der Waals surface area contributed by atoms with Gasteiger partial charge in [-0.05, 0) is 54.0 Å². The molecule has 9 heteroatoms. The largest absolute Gasteiger partial charge is 0.340 e. The topological polar surface area (TPSA) is 104 Å². The molecule has 0 aliphatic carbocycles. The van der Waals surface area contributed by atoms with Gasteiger partial charge in [-0.15, -0.1) is 0 Å². The fourth-order valence-electron chi connectivity index (χ4n) is 5.32. The van der Waals surface area contributed by atoms with Gasteiger partial charge < -0.3 is 10.2 Å². The molecule has 0 unspecified atom stereocenters. The number of ketones is 1. The minimum atomic E-state index is -3.88. The lowest BCUT2D eigenvalue weighted by molar-refractivity contribution is -0.138. The van der Waals surface area contributed by atoms with Crippen molar-refractivity contribution >= 4 is 27.6 Å². The SMILES string of the molecule is CC(C)C[C@H](NC(=O)c1ccc(C(C)(C)C)cc1)C(=O)N1CC[C@@H]2[C@H]1C(=O)CN2S(=O)(=O)c1ccccc1. The fraction of sp³-hybridized carbons (Fsp3) is 0.483. The van der Waals surface area contributed by atoms with Crippen LogP contribution in [0.1, 0.15) is 63.4 Å². The maximum Gasteiger partial charge on any atom is 0.251 e. The molecule has 0 spiro atoms. The highest BCUT2D eigenvalue weighted by Gasteiger charge is 2.54. The average Bonchev–Trinajstić information content (AvgIpc) is 3.44. The van der Waals surface area contributed by atoms with Crippen LogP contribution in [0.15, 0.2) is 59.5 Å². The maximum atomic E-state index is 13.7. The van der Waals surface area contributed by atoms with Crippen LogP contribution in [0.5, 0.6) is 0 Å². The number of carbonyl (C=O) groups excluding carboxylic acids is 3. The lowest BCUT2D eigenvalue weighted by Gasteiger charge is -2.29. The number of Topliss-reactive ketones (excluding diaryl/α,β-unsaturated/α-hetero) is 1. The number of benzene rings is 2. The molecule has 2 aliphatic rings. The lowest BCUT2D eigenvalue weighted by Crippen LogP contribution is -2.53. The zero-order valence-electron chi connectivity index (χ0n) is 22.7. The third-order valence-corrected chi connectivity index (χ3v) is 9.22. The first-order valence-corrected chi connectivity index (χ1v) is 14.6. The highest BCUT2D eigenvalue weighted by molar-refractivity contribution is 7.89. The molecule has 2 aromatic carbocycles. The van der Waals surface area contributed by atoms with Crippen molar-refractivity contribution in [1.82, 2.24) is 14.5 Å². The monoisotopic (exact) mass is 539 g/mol. The van der Waals surface area contributed by atoms with Crippen molar-refractivity contribution in [2.24, 2.45) is 5.92 Å². The Hall–Kier alpha value is -3.04. The minimum Gasteiger partial charge on any atom is -0.340 e. The molecule has 204 valence electrons. The molecule has 4 rings (SSSR count). The van der Waals surface area contributed by atoms with E-state index in [1.54, 1.807) is 30.3 Å². The highest BCUT2D eigenvalue weighted by Crippen LogP contribution is 2.34. The average molecular weight is 540 g/mol. The van der Waals surface area contributed by atoms with Gasteiger partial charge in [0.05, 0.1) is 17.5 Å². The van der Waals surface area contributed by atoms with Gasteiger partial charge in [-0.3, -0.25) is 14.4 Å². The van der Waals surface area contributed by atoms with Gasteiger partial charge in [0.2, 0.25) is 15.9 Å². The van der Waals surface area contributed by atoms with Crippen LogP contribution in [0, 0.1) is 5.92 Å². The molecule has 2 aromatic rings. The Kier molecular flexibility index (Phi) is 7.81. The number of sulfonamides is 1. The van der Waals surface area contributed by atoms with E-state index in [9.17, 15) is 22.8 Å². The van der Waals surface area contributed by atoms with E-state index in [0.29, 0.717) is 18.4 Å². The Balaban J connectivity index is 1.53. The van der Waals surface area contributed by atoms with Crippen LogP contribution in [-0.2, 0) is 25.0 Å². The number of amides is 2. The van der Waals surface area contributed by atoms with Crippen LogP contribution < -0.4 is 5.32 Å². The van der Waals surface area contributed by atoms with Gasteiger partial charge in [-0.2, -0.15) is 4.31 Å². The van der Waals surface area contributed by atoms with E-state index in [4.69, 9.17) is 0 Å². The van der Waals surface area contributed by atoms with E-state index >= 15 is 0 Å². The third kappa shape index (κ3) is 5.54. The standard InChI is InChI=1S/C29H37N3O5S/c1-19(2)17-23(30-27(34)20-11-13-21(14-12-20)29(3,4)5)28(35)31-16-15-24-26(31)25(33)18-32(24)38(36,37)22-9-7-6-8-10-22/h6-14,19,23-24,26H,15-18H2,1-5H3,(H,30,34)/t23-,24+,26-/m0/s1. The Morgan fingerprint density at radius 3 is 2.24 bits per heavy atom. The molecule has 2 fully saturated rings. The summed E-state index contributed by atoms with van der Waals surface area (Å²) in [5, 5.41) is 2.89. The molecule has 38 heavy (non-hydrogen) atoms. The molecule has 2 aliphatic heterocycles. The van der Waals surface area contributed by atoms with Crippen LogP contribution in [0.4, 0.5) is 0 Å². The highest BCUT2D eigenvalue weighted by atomic mass is 32.2.